The van der Waals surface area contributed by atoms with E-state index in [9.17, 15) is 32.8 Å². The van der Waals surface area contributed by atoms with E-state index in [-0.39, 0.29) is 11.3 Å². The number of pyridine rings is 1. The molecule has 1 aliphatic heterocycles. The topological polar surface area (TPSA) is 160 Å². The van der Waals surface area contributed by atoms with Crippen LogP contribution in [0.15, 0.2) is 50.1 Å². The number of aliphatic hydroxyl groups is 2. The molecule has 1 aromatic carbocycles. The maximum absolute atomic E-state index is 13.7. The molecule has 0 amide bonds. The average molecular weight is 598 g/mol. The fraction of sp³-hybridized carbons (Fsp3) is 0.316. The summed E-state index contributed by atoms with van der Waals surface area (Å²) < 4.78 is 63.6. The van der Waals surface area contributed by atoms with Crippen molar-refractivity contribution in [1.29, 1.82) is 0 Å². The number of aliphatic hydroxyl groups excluding tert-OH is 2. The standard InChI is InChI=1S/C19H17BrF3N4O6PS/c20-9-3-10(5-25-4-9)35-19-18(33-34(30)31)16(17(29)14(7-28)32-19)26-6-13(27-24)8-1-11(21)15(23)12(22)2-8/h1-6,14,16-19,28-29H,7,24H2/p+1/b26-6?,27-13+/t14?,16?,17-,18?,19+/m0/s1. The molecule has 35 heavy (non-hydrogen) atoms. The van der Waals surface area contributed by atoms with Crippen LogP contribution in [-0.4, -0.2) is 68.4 Å². The summed E-state index contributed by atoms with van der Waals surface area (Å²) in [5, 5.41) is 23.8. The number of hydrogen-bond donors (Lipinski definition) is 4. The van der Waals surface area contributed by atoms with Gasteiger partial charge in [0.25, 0.3) is 0 Å². The molecule has 5 N–H and O–H groups in total. The third-order valence-corrected chi connectivity index (χ3v) is 6.72. The third-order valence-electron chi connectivity index (χ3n) is 4.76. The van der Waals surface area contributed by atoms with Gasteiger partial charge < -0.3 is 20.8 Å². The van der Waals surface area contributed by atoms with Crippen molar-refractivity contribution >= 4 is 47.9 Å². The molecule has 2 heterocycles. The van der Waals surface area contributed by atoms with Crippen molar-refractivity contribution < 1.29 is 42.1 Å². The lowest BCUT2D eigenvalue weighted by atomic mass is 9.97. The van der Waals surface area contributed by atoms with Crippen LogP contribution in [0.25, 0.3) is 0 Å². The Kier molecular flexibility index (Phi) is 9.72. The Labute approximate surface area is 210 Å². The van der Waals surface area contributed by atoms with E-state index in [0.29, 0.717) is 21.5 Å². The van der Waals surface area contributed by atoms with E-state index in [2.05, 4.69) is 31.0 Å². The molecule has 1 saturated heterocycles. The van der Waals surface area contributed by atoms with Gasteiger partial charge in [-0.2, -0.15) is 5.10 Å². The first-order valence-electron chi connectivity index (χ1n) is 9.65. The molecular weight excluding hydrogens is 580 g/mol. The van der Waals surface area contributed by atoms with E-state index in [1.54, 1.807) is 6.07 Å². The first-order valence-corrected chi connectivity index (χ1v) is 12.4. The summed E-state index contributed by atoms with van der Waals surface area (Å²) in [5.41, 5.74) is -1.61. The summed E-state index contributed by atoms with van der Waals surface area (Å²) in [7, 11) is -3.19. The van der Waals surface area contributed by atoms with Crippen LogP contribution in [0.3, 0.4) is 0 Å². The van der Waals surface area contributed by atoms with Gasteiger partial charge in [0, 0.05) is 38.1 Å². The predicted molar refractivity (Wildman–Crippen MR) is 124 cm³/mol. The SMILES string of the molecule is N/N=C(\C=NC1C(O[P+](=O)O)[C@@H](Sc2cncc(Br)c2)OC(CO)[C@@H]1O)c1cc(F)c(F)c(F)c1. The van der Waals surface area contributed by atoms with Gasteiger partial charge in [0.15, 0.2) is 23.6 Å². The second kappa shape index (κ2) is 12.3. The van der Waals surface area contributed by atoms with Gasteiger partial charge in [0.1, 0.15) is 29.4 Å². The molecule has 188 valence electrons. The summed E-state index contributed by atoms with van der Waals surface area (Å²) in [6, 6.07) is 1.65. The Morgan fingerprint density at radius 3 is 2.57 bits per heavy atom. The highest BCUT2D eigenvalue weighted by Crippen LogP contribution is 2.39. The molecule has 2 aromatic rings. The van der Waals surface area contributed by atoms with E-state index in [4.69, 9.17) is 15.1 Å². The highest BCUT2D eigenvalue weighted by atomic mass is 79.9. The highest BCUT2D eigenvalue weighted by molar-refractivity contribution is 9.10. The number of aromatic nitrogens is 1. The summed E-state index contributed by atoms with van der Waals surface area (Å²) in [4.78, 5) is 18.1. The van der Waals surface area contributed by atoms with Gasteiger partial charge in [-0.3, -0.25) is 9.98 Å². The van der Waals surface area contributed by atoms with Gasteiger partial charge in [0.05, 0.1) is 6.61 Å². The molecule has 0 spiro atoms. The van der Waals surface area contributed by atoms with Crippen molar-refractivity contribution in [2.75, 3.05) is 6.61 Å². The van der Waals surface area contributed by atoms with Crippen molar-refractivity contribution in [3.63, 3.8) is 0 Å². The predicted octanol–water partition coefficient (Wildman–Crippen LogP) is 2.27. The molecular formula is C19H18BrF3N4O6PS+. The third kappa shape index (κ3) is 6.83. The van der Waals surface area contributed by atoms with Crippen LogP contribution in [0.5, 0.6) is 0 Å². The quantitative estimate of drug-likeness (QED) is 0.118. The van der Waals surface area contributed by atoms with Crippen molar-refractivity contribution in [3.05, 3.63) is 58.1 Å². The fourth-order valence-corrected chi connectivity index (χ4v) is 5.35. The largest absolute Gasteiger partial charge is 0.695 e. The Bertz CT molecular complexity index is 1130. The zero-order valence-corrected chi connectivity index (χ0v) is 20.7. The zero-order valence-electron chi connectivity index (χ0n) is 17.4. The Morgan fingerprint density at radius 1 is 1.31 bits per heavy atom. The number of hydrogen-bond acceptors (Lipinski definition) is 10. The second-order valence-electron chi connectivity index (χ2n) is 7.02. The van der Waals surface area contributed by atoms with Crippen LogP contribution < -0.4 is 5.84 Å². The molecule has 10 nitrogen and oxygen atoms in total. The Hall–Kier alpha value is -1.97. The van der Waals surface area contributed by atoms with Crippen molar-refractivity contribution in [1.82, 2.24) is 4.98 Å². The van der Waals surface area contributed by atoms with Crippen molar-refractivity contribution in [3.8, 4) is 0 Å². The van der Waals surface area contributed by atoms with Crippen LogP contribution in [0.2, 0.25) is 0 Å². The molecule has 16 heteroatoms. The zero-order chi connectivity index (χ0) is 25.7. The summed E-state index contributed by atoms with van der Waals surface area (Å²) in [5.74, 6) is 0.643. The number of hydrazone groups is 1. The minimum absolute atomic E-state index is 0.259. The second-order valence-corrected chi connectivity index (χ2v) is 9.79. The van der Waals surface area contributed by atoms with E-state index in [0.717, 1.165) is 18.0 Å². The van der Waals surface area contributed by atoms with Gasteiger partial charge in [0.2, 0.25) is 0 Å². The number of nitrogens with zero attached hydrogens (tertiary/aromatic N) is 3. The minimum Gasteiger partial charge on any atom is -0.394 e. The van der Waals surface area contributed by atoms with Gasteiger partial charge >= 0.3 is 8.25 Å². The Morgan fingerprint density at radius 2 is 2.00 bits per heavy atom. The smallest absolute Gasteiger partial charge is 0.394 e. The lowest BCUT2D eigenvalue weighted by Gasteiger charge is -2.39. The number of halogens is 4. The first kappa shape index (κ1) is 27.6. The number of aliphatic imine (C=N–C) groups is 1. The molecule has 6 atom stereocenters. The van der Waals surface area contributed by atoms with E-state index < -0.39 is 62.1 Å². The maximum atomic E-state index is 13.7. The molecule has 1 aromatic heterocycles. The van der Waals surface area contributed by atoms with Gasteiger partial charge in [-0.05, 0) is 34.1 Å². The monoisotopic (exact) mass is 597 g/mol. The van der Waals surface area contributed by atoms with E-state index in [1.165, 1.54) is 12.4 Å². The number of ether oxygens (including phenoxy) is 1. The molecule has 0 aliphatic carbocycles. The molecule has 0 bridgehead atoms. The molecule has 0 radical (unpaired) electrons. The molecule has 1 aliphatic rings. The summed E-state index contributed by atoms with van der Waals surface area (Å²) >= 11 is 4.30. The van der Waals surface area contributed by atoms with Crippen LogP contribution in [0.1, 0.15) is 5.56 Å². The van der Waals surface area contributed by atoms with Crippen LogP contribution >= 0.6 is 35.9 Å². The van der Waals surface area contributed by atoms with Crippen LogP contribution in [0.4, 0.5) is 13.2 Å². The molecule has 3 rings (SSSR count). The highest BCUT2D eigenvalue weighted by Gasteiger charge is 2.50. The van der Waals surface area contributed by atoms with E-state index >= 15 is 0 Å². The Balaban J connectivity index is 1.96. The number of benzene rings is 1. The number of thioether (sulfide) groups is 1. The van der Waals surface area contributed by atoms with Gasteiger partial charge in [-0.25, -0.2) is 13.2 Å². The van der Waals surface area contributed by atoms with Crippen molar-refractivity contribution in [2.45, 2.75) is 34.7 Å². The fourth-order valence-electron chi connectivity index (χ4n) is 3.17. The number of nitrogens with two attached hydrogens (primary N) is 1. The average Bonchev–Trinajstić information content (AvgIpc) is 2.80. The van der Waals surface area contributed by atoms with E-state index in [1.807, 2.05) is 0 Å². The van der Waals surface area contributed by atoms with Gasteiger partial charge in [-0.15, -0.1) is 9.42 Å². The molecule has 0 saturated carbocycles. The lowest BCUT2D eigenvalue weighted by molar-refractivity contribution is -0.153. The molecule has 1 fully saturated rings. The maximum Gasteiger partial charge on any atom is 0.695 e. The van der Waals surface area contributed by atoms with Crippen LogP contribution in [-0.2, 0) is 13.8 Å². The minimum atomic E-state index is -3.19. The summed E-state index contributed by atoms with van der Waals surface area (Å²) in [6.45, 7) is -0.634. The molecule has 4 unspecified atom stereocenters. The van der Waals surface area contributed by atoms with Crippen LogP contribution in [0, 0.1) is 17.5 Å². The normalized spacial score (nSPS) is 25.7. The summed E-state index contributed by atoms with van der Waals surface area (Å²) in [6.07, 6.45) is -0.0970. The van der Waals surface area contributed by atoms with Gasteiger partial charge in [-0.1, -0.05) is 11.8 Å². The number of rotatable bonds is 8. The first-order chi connectivity index (χ1) is 16.6. The lowest BCUT2D eigenvalue weighted by Crippen LogP contribution is -2.57. The van der Waals surface area contributed by atoms with Crippen molar-refractivity contribution in [2.24, 2.45) is 15.9 Å².